The van der Waals surface area contributed by atoms with E-state index in [1.807, 2.05) is 18.7 Å². The fourth-order valence-electron chi connectivity index (χ4n) is 1.43. The van der Waals surface area contributed by atoms with Crippen LogP contribution < -0.4 is 5.73 Å². The minimum atomic E-state index is 0.0745. The number of benzene rings is 1. The lowest BCUT2D eigenvalue weighted by Gasteiger charge is -2.25. The smallest absolute Gasteiger partial charge is 0.0611 e. The average molecular weight is 288 g/mol. The molecule has 1 atom stereocenters. The molecule has 1 heterocycles. The molecule has 1 aromatic carbocycles. The molecule has 1 saturated heterocycles. The maximum absolute atomic E-state index is 5.85. The summed E-state index contributed by atoms with van der Waals surface area (Å²) < 4.78 is 6.25. The van der Waals surface area contributed by atoms with E-state index in [0.29, 0.717) is 5.25 Å². The van der Waals surface area contributed by atoms with Crippen LogP contribution in [0.15, 0.2) is 27.6 Å². The van der Waals surface area contributed by atoms with Gasteiger partial charge in [0, 0.05) is 15.4 Å². The molecule has 0 spiro atoms. The van der Waals surface area contributed by atoms with Gasteiger partial charge >= 0.3 is 0 Å². The summed E-state index contributed by atoms with van der Waals surface area (Å²) in [5.41, 5.74) is 7.00. The first-order valence-electron chi connectivity index (χ1n) is 4.96. The van der Waals surface area contributed by atoms with Crippen LogP contribution in [-0.4, -0.2) is 18.5 Å². The van der Waals surface area contributed by atoms with Crippen LogP contribution in [0.5, 0.6) is 0 Å². The third-order valence-electron chi connectivity index (χ3n) is 2.37. The fraction of sp³-hybridized carbons (Fsp3) is 0.455. The molecular formula is C11H14BrNOS. The van der Waals surface area contributed by atoms with Crippen molar-refractivity contribution in [1.29, 1.82) is 0 Å². The molecule has 15 heavy (non-hydrogen) atoms. The van der Waals surface area contributed by atoms with Gasteiger partial charge in [0.15, 0.2) is 0 Å². The van der Waals surface area contributed by atoms with Gasteiger partial charge in [0.05, 0.1) is 18.5 Å². The SMILES string of the molecule is C[C@H](N)c1ccc(SC2COC2)cc1Br. The normalized spacial score (nSPS) is 18.6. The van der Waals surface area contributed by atoms with Crippen LogP contribution in [0.25, 0.3) is 0 Å². The third kappa shape index (κ3) is 2.75. The van der Waals surface area contributed by atoms with Crippen molar-refractivity contribution in [1.82, 2.24) is 0 Å². The highest BCUT2D eigenvalue weighted by atomic mass is 79.9. The van der Waals surface area contributed by atoms with Gasteiger partial charge in [0.25, 0.3) is 0 Å². The second kappa shape index (κ2) is 4.87. The maximum Gasteiger partial charge on any atom is 0.0611 e. The number of thioether (sulfide) groups is 1. The summed E-state index contributed by atoms with van der Waals surface area (Å²) in [6.07, 6.45) is 0. The van der Waals surface area contributed by atoms with Gasteiger partial charge in [0.2, 0.25) is 0 Å². The first-order chi connectivity index (χ1) is 7.16. The Labute approximate surface area is 103 Å². The Balaban J connectivity index is 2.10. The van der Waals surface area contributed by atoms with Gasteiger partial charge in [-0.15, -0.1) is 11.8 Å². The average Bonchev–Trinajstić information content (AvgIpc) is 2.11. The van der Waals surface area contributed by atoms with Crippen molar-refractivity contribution in [3.05, 3.63) is 28.2 Å². The standard InChI is InChI=1S/C11H14BrNOS/c1-7(13)10-3-2-8(4-11(10)12)15-9-5-14-6-9/h2-4,7,9H,5-6,13H2,1H3/t7-/m0/s1. The summed E-state index contributed by atoms with van der Waals surface area (Å²) in [6, 6.07) is 6.44. The van der Waals surface area contributed by atoms with Crippen molar-refractivity contribution >= 4 is 27.7 Å². The number of hydrogen-bond donors (Lipinski definition) is 1. The van der Waals surface area contributed by atoms with Crippen LogP contribution in [0.1, 0.15) is 18.5 Å². The van der Waals surface area contributed by atoms with Crippen molar-refractivity contribution in [3.8, 4) is 0 Å². The Morgan fingerprint density at radius 1 is 1.53 bits per heavy atom. The van der Waals surface area contributed by atoms with Gasteiger partial charge in [-0.3, -0.25) is 0 Å². The highest BCUT2D eigenvalue weighted by Crippen LogP contribution is 2.32. The van der Waals surface area contributed by atoms with Crippen LogP contribution in [0.3, 0.4) is 0 Å². The minimum absolute atomic E-state index is 0.0745. The molecule has 1 aromatic rings. The van der Waals surface area contributed by atoms with E-state index in [-0.39, 0.29) is 6.04 Å². The van der Waals surface area contributed by atoms with Crippen LogP contribution >= 0.6 is 27.7 Å². The number of halogens is 1. The molecule has 82 valence electrons. The van der Waals surface area contributed by atoms with Crippen LogP contribution in [0.4, 0.5) is 0 Å². The summed E-state index contributed by atoms with van der Waals surface area (Å²) in [6.45, 7) is 3.74. The number of rotatable bonds is 3. The Bertz CT molecular complexity index is 352. The van der Waals surface area contributed by atoms with Crippen LogP contribution in [0, 0.1) is 0 Å². The molecule has 2 N–H and O–H groups in total. The van der Waals surface area contributed by atoms with E-state index in [2.05, 4.69) is 34.1 Å². The Morgan fingerprint density at radius 2 is 2.27 bits per heavy atom. The maximum atomic E-state index is 5.85. The number of nitrogens with two attached hydrogens (primary N) is 1. The molecule has 2 nitrogen and oxygen atoms in total. The van der Waals surface area contributed by atoms with E-state index in [0.717, 1.165) is 23.2 Å². The van der Waals surface area contributed by atoms with Crippen molar-refractivity contribution < 1.29 is 4.74 Å². The van der Waals surface area contributed by atoms with Gasteiger partial charge < -0.3 is 10.5 Å². The second-order valence-electron chi connectivity index (χ2n) is 3.75. The van der Waals surface area contributed by atoms with E-state index in [9.17, 15) is 0 Å². The number of ether oxygens (including phenoxy) is 1. The van der Waals surface area contributed by atoms with E-state index < -0.39 is 0 Å². The molecule has 0 radical (unpaired) electrons. The second-order valence-corrected chi connectivity index (χ2v) is 5.98. The zero-order valence-corrected chi connectivity index (χ0v) is 11.0. The molecule has 0 aliphatic carbocycles. The highest BCUT2D eigenvalue weighted by Gasteiger charge is 2.19. The summed E-state index contributed by atoms with van der Waals surface area (Å²) in [5.74, 6) is 0. The van der Waals surface area contributed by atoms with Crippen LogP contribution in [-0.2, 0) is 4.74 Å². The Hall–Kier alpha value is -0.0300. The molecule has 2 rings (SSSR count). The molecule has 0 amide bonds. The molecule has 0 aromatic heterocycles. The quantitative estimate of drug-likeness (QED) is 0.928. The molecule has 1 aliphatic heterocycles. The molecule has 4 heteroatoms. The summed E-state index contributed by atoms with van der Waals surface area (Å²) in [5, 5.41) is 0.623. The number of hydrogen-bond acceptors (Lipinski definition) is 3. The predicted molar refractivity (Wildman–Crippen MR) is 67.2 cm³/mol. The molecule has 0 saturated carbocycles. The van der Waals surface area contributed by atoms with Gasteiger partial charge in [-0.25, -0.2) is 0 Å². The summed E-state index contributed by atoms with van der Waals surface area (Å²) in [4.78, 5) is 1.28. The molecule has 0 bridgehead atoms. The van der Waals surface area contributed by atoms with E-state index >= 15 is 0 Å². The lowest BCUT2D eigenvalue weighted by molar-refractivity contribution is 0.0455. The third-order valence-corrected chi connectivity index (χ3v) is 4.19. The lowest BCUT2D eigenvalue weighted by atomic mass is 10.1. The van der Waals surface area contributed by atoms with Gasteiger partial charge in [-0.05, 0) is 24.6 Å². The van der Waals surface area contributed by atoms with E-state index in [4.69, 9.17) is 10.5 Å². The molecule has 0 unspecified atom stereocenters. The summed E-state index contributed by atoms with van der Waals surface area (Å²) >= 11 is 5.42. The fourth-order valence-corrected chi connectivity index (χ4v) is 3.36. The van der Waals surface area contributed by atoms with E-state index in [1.165, 1.54) is 4.90 Å². The Kier molecular flexibility index (Phi) is 3.72. The predicted octanol–water partition coefficient (Wildman–Crippen LogP) is 2.96. The van der Waals surface area contributed by atoms with Crippen molar-refractivity contribution in [2.45, 2.75) is 23.1 Å². The van der Waals surface area contributed by atoms with Gasteiger partial charge in [-0.2, -0.15) is 0 Å². The van der Waals surface area contributed by atoms with Crippen molar-refractivity contribution in [2.24, 2.45) is 5.73 Å². The molecule has 1 fully saturated rings. The van der Waals surface area contributed by atoms with Gasteiger partial charge in [0.1, 0.15) is 0 Å². The largest absolute Gasteiger partial charge is 0.379 e. The summed E-state index contributed by atoms with van der Waals surface area (Å²) in [7, 11) is 0. The Morgan fingerprint density at radius 3 is 2.73 bits per heavy atom. The lowest BCUT2D eigenvalue weighted by Crippen LogP contribution is -2.30. The van der Waals surface area contributed by atoms with Crippen molar-refractivity contribution in [2.75, 3.05) is 13.2 Å². The molecular weight excluding hydrogens is 274 g/mol. The van der Waals surface area contributed by atoms with Crippen LogP contribution in [0.2, 0.25) is 0 Å². The minimum Gasteiger partial charge on any atom is -0.379 e. The van der Waals surface area contributed by atoms with E-state index in [1.54, 1.807) is 0 Å². The monoisotopic (exact) mass is 287 g/mol. The first-order valence-corrected chi connectivity index (χ1v) is 6.63. The zero-order chi connectivity index (χ0) is 10.8. The topological polar surface area (TPSA) is 35.2 Å². The van der Waals surface area contributed by atoms with Crippen molar-refractivity contribution in [3.63, 3.8) is 0 Å². The highest BCUT2D eigenvalue weighted by molar-refractivity contribution is 9.10. The van der Waals surface area contributed by atoms with Gasteiger partial charge in [-0.1, -0.05) is 22.0 Å². The zero-order valence-electron chi connectivity index (χ0n) is 8.57. The first kappa shape index (κ1) is 11.5. The molecule has 1 aliphatic rings.